The molecule has 0 aliphatic rings. The van der Waals surface area contributed by atoms with Gasteiger partial charge < -0.3 is 0 Å². The van der Waals surface area contributed by atoms with Crippen molar-refractivity contribution in [3.05, 3.63) is 45.9 Å². The minimum atomic E-state index is -0.214. The van der Waals surface area contributed by atoms with Crippen molar-refractivity contribution >= 4 is 17.5 Å². The Balaban J connectivity index is 2.01. The maximum atomic E-state index is 12.1. The molecule has 2 aromatic rings. The number of thioether (sulfide) groups is 1. The number of aromatic nitrogens is 3. The number of ketones is 1. The number of carbonyl (C=O) groups excluding carboxylic acids is 1. The molecule has 112 valence electrons. The van der Waals surface area contributed by atoms with Crippen LogP contribution in [0.1, 0.15) is 35.7 Å². The first-order valence-corrected chi connectivity index (χ1v) is 7.98. The fraction of sp³-hybridized carbons (Fsp3) is 0.400. The van der Waals surface area contributed by atoms with Crippen LogP contribution in [0.25, 0.3) is 0 Å². The van der Waals surface area contributed by atoms with Gasteiger partial charge in [-0.1, -0.05) is 54.9 Å². The van der Waals surface area contributed by atoms with E-state index in [-0.39, 0.29) is 17.2 Å². The smallest absolute Gasteiger partial charge is 0.293 e. The lowest BCUT2D eigenvalue weighted by Gasteiger charge is -2.04. The summed E-state index contributed by atoms with van der Waals surface area (Å²) < 4.78 is 1.59. The fourth-order valence-electron chi connectivity index (χ4n) is 1.88. The third-order valence-corrected chi connectivity index (χ3v) is 4.14. The van der Waals surface area contributed by atoms with Crippen LogP contribution < -0.4 is 5.69 Å². The topological polar surface area (TPSA) is 67.8 Å². The van der Waals surface area contributed by atoms with E-state index in [4.69, 9.17) is 0 Å². The molecule has 1 aromatic carbocycles. The Morgan fingerprint density at radius 3 is 2.71 bits per heavy atom. The number of Topliss-reactive ketones (excluding diaryl/α,β-unsaturated/α-hetero) is 1. The van der Waals surface area contributed by atoms with Crippen LogP contribution in [0, 0.1) is 6.92 Å². The van der Waals surface area contributed by atoms with E-state index in [1.165, 1.54) is 11.8 Å². The van der Waals surface area contributed by atoms with Crippen molar-refractivity contribution in [1.82, 2.24) is 14.8 Å². The summed E-state index contributed by atoms with van der Waals surface area (Å²) >= 11 is 1.30. The van der Waals surface area contributed by atoms with Gasteiger partial charge in [0.15, 0.2) is 10.9 Å². The third-order valence-electron chi connectivity index (χ3n) is 3.16. The molecule has 0 aliphatic heterocycles. The van der Waals surface area contributed by atoms with E-state index in [2.05, 4.69) is 17.1 Å². The molecule has 0 radical (unpaired) electrons. The summed E-state index contributed by atoms with van der Waals surface area (Å²) in [5.74, 6) is 0.317. The number of benzene rings is 1. The Morgan fingerprint density at radius 1 is 1.33 bits per heavy atom. The van der Waals surface area contributed by atoms with Gasteiger partial charge in [0, 0.05) is 12.1 Å². The summed E-state index contributed by atoms with van der Waals surface area (Å²) in [6, 6.07) is 7.49. The Labute approximate surface area is 127 Å². The predicted octanol–water partition coefficient (Wildman–Crippen LogP) is 2.65. The minimum Gasteiger partial charge on any atom is -0.293 e. The average Bonchev–Trinajstić information content (AvgIpc) is 2.83. The normalized spacial score (nSPS) is 10.8. The molecule has 6 heteroatoms. The van der Waals surface area contributed by atoms with Gasteiger partial charge >= 0.3 is 5.69 Å². The molecule has 0 saturated carbocycles. The van der Waals surface area contributed by atoms with Gasteiger partial charge in [0.25, 0.3) is 0 Å². The van der Waals surface area contributed by atoms with E-state index >= 15 is 0 Å². The number of carbonyl (C=O) groups is 1. The van der Waals surface area contributed by atoms with Gasteiger partial charge in [-0.05, 0) is 13.3 Å². The van der Waals surface area contributed by atoms with Gasteiger partial charge in [-0.15, -0.1) is 5.10 Å². The summed E-state index contributed by atoms with van der Waals surface area (Å²) in [5.41, 5.74) is 1.60. The number of hydrogen-bond donors (Lipinski definition) is 1. The lowest BCUT2D eigenvalue weighted by atomic mass is 10.1. The average molecular weight is 305 g/mol. The second-order valence-corrected chi connectivity index (χ2v) is 5.84. The molecule has 0 atom stereocenters. The van der Waals surface area contributed by atoms with Crippen molar-refractivity contribution in [2.45, 2.75) is 38.4 Å². The first kappa shape index (κ1) is 15.6. The van der Waals surface area contributed by atoms with E-state index in [1.54, 1.807) is 4.57 Å². The van der Waals surface area contributed by atoms with Crippen LogP contribution in [-0.2, 0) is 6.54 Å². The molecule has 1 aromatic heterocycles. The van der Waals surface area contributed by atoms with Crippen LogP contribution in [0.5, 0.6) is 0 Å². The predicted molar refractivity (Wildman–Crippen MR) is 84.0 cm³/mol. The Hall–Kier alpha value is -1.82. The third kappa shape index (κ3) is 4.07. The monoisotopic (exact) mass is 305 g/mol. The van der Waals surface area contributed by atoms with Crippen LogP contribution in [0.2, 0.25) is 0 Å². The highest BCUT2D eigenvalue weighted by Crippen LogP contribution is 2.16. The van der Waals surface area contributed by atoms with E-state index in [9.17, 15) is 9.59 Å². The maximum absolute atomic E-state index is 12.1. The fourth-order valence-corrected chi connectivity index (χ4v) is 2.75. The number of nitrogens with one attached hydrogen (secondary N) is 1. The second kappa shape index (κ2) is 7.26. The maximum Gasteiger partial charge on any atom is 0.343 e. The SMILES string of the molecule is CCCCn1c(SCC(=O)c2ccc(C)cc2)n[nH]c1=O. The molecule has 0 aliphatic carbocycles. The summed E-state index contributed by atoms with van der Waals surface area (Å²) in [6.07, 6.45) is 1.92. The summed E-state index contributed by atoms with van der Waals surface area (Å²) in [5, 5.41) is 7.00. The van der Waals surface area contributed by atoms with E-state index in [1.807, 2.05) is 31.2 Å². The van der Waals surface area contributed by atoms with Gasteiger partial charge in [0.05, 0.1) is 5.75 Å². The van der Waals surface area contributed by atoms with Crippen LogP contribution >= 0.6 is 11.8 Å². The highest BCUT2D eigenvalue weighted by Gasteiger charge is 2.12. The summed E-state index contributed by atoms with van der Waals surface area (Å²) in [7, 11) is 0. The molecule has 1 heterocycles. The first-order valence-electron chi connectivity index (χ1n) is 6.99. The molecule has 5 nitrogen and oxygen atoms in total. The minimum absolute atomic E-state index is 0.0393. The lowest BCUT2D eigenvalue weighted by molar-refractivity contribution is 0.102. The van der Waals surface area contributed by atoms with Crippen molar-refractivity contribution in [2.24, 2.45) is 0 Å². The van der Waals surface area contributed by atoms with Crippen LogP contribution in [-0.4, -0.2) is 26.3 Å². The highest BCUT2D eigenvalue weighted by atomic mass is 32.2. The van der Waals surface area contributed by atoms with Crippen LogP contribution in [0.4, 0.5) is 0 Å². The number of aryl methyl sites for hydroxylation is 1. The molecule has 0 fully saturated rings. The first-order chi connectivity index (χ1) is 10.1. The van der Waals surface area contributed by atoms with Crippen LogP contribution in [0.15, 0.2) is 34.2 Å². The highest BCUT2D eigenvalue weighted by molar-refractivity contribution is 7.99. The number of hydrogen-bond acceptors (Lipinski definition) is 4. The molecule has 21 heavy (non-hydrogen) atoms. The molecule has 1 N–H and O–H groups in total. The quantitative estimate of drug-likeness (QED) is 0.631. The number of H-pyrrole nitrogens is 1. The van der Waals surface area contributed by atoms with Crippen molar-refractivity contribution in [3.8, 4) is 0 Å². The Bertz CT molecular complexity index is 658. The zero-order valence-electron chi connectivity index (χ0n) is 12.3. The Morgan fingerprint density at radius 2 is 2.05 bits per heavy atom. The van der Waals surface area contributed by atoms with Gasteiger partial charge in [0.1, 0.15) is 0 Å². The molecule has 0 unspecified atom stereocenters. The van der Waals surface area contributed by atoms with E-state index in [0.29, 0.717) is 17.3 Å². The summed E-state index contributed by atoms with van der Waals surface area (Å²) in [4.78, 5) is 23.8. The van der Waals surface area contributed by atoms with Gasteiger partial charge in [-0.2, -0.15) is 0 Å². The van der Waals surface area contributed by atoms with Gasteiger partial charge in [0.2, 0.25) is 0 Å². The van der Waals surface area contributed by atoms with Crippen molar-refractivity contribution in [2.75, 3.05) is 5.75 Å². The standard InChI is InChI=1S/C15H19N3O2S/c1-3-4-9-18-14(20)16-17-15(18)21-10-13(19)12-7-5-11(2)6-8-12/h5-8H,3-4,9-10H2,1-2H3,(H,16,20). The van der Waals surface area contributed by atoms with E-state index < -0.39 is 0 Å². The lowest BCUT2D eigenvalue weighted by Crippen LogP contribution is -2.18. The van der Waals surface area contributed by atoms with Crippen molar-refractivity contribution < 1.29 is 4.79 Å². The zero-order chi connectivity index (χ0) is 15.2. The molecule has 0 bridgehead atoms. The van der Waals surface area contributed by atoms with Gasteiger partial charge in [-0.25, -0.2) is 9.89 Å². The molecule has 2 rings (SSSR count). The van der Waals surface area contributed by atoms with Crippen molar-refractivity contribution in [3.63, 3.8) is 0 Å². The molecule has 0 spiro atoms. The molecular formula is C15H19N3O2S. The number of nitrogens with zero attached hydrogens (tertiary/aromatic N) is 2. The number of rotatable bonds is 7. The summed E-state index contributed by atoms with van der Waals surface area (Å²) in [6.45, 7) is 4.69. The second-order valence-electron chi connectivity index (χ2n) is 4.89. The largest absolute Gasteiger partial charge is 0.343 e. The zero-order valence-corrected chi connectivity index (χ0v) is 13.1. The number of unbranched alkanes of at least 4 members (excludes halogenated alkanes) is 1. The van der Waals surface area contributed by atoms with Gasteiger partial charge in [-0.3, -0.25) is 9.36 Å². The molecule has 0 saturated heterocycles. The molecular weight excluding hydrogens is 286 g/mol. The van der Waals surface area contributed by atoms with Crippen LogP contribution in [0.3, 0.4) is 0 Å². The number of aromatic amines is 1. The molecule has 0 amide bonds. The van der Waals surface area contributed by atoms with E-state index in [0.717, 1.165) is 18.4 Å². The van der Waals surface area contributed by atoms with Crippen molar-refractivity contribution in [1.29, 1.82) is 0 Å². The Kier molecular flexibility index (Phi) is 5.38.